The van der Waals surface area contributed by atoms with Crippen molar-refractivity contribution in [2.45, 2.75) is 52.3 Å². The van der Waals surface area contributed by atoms with Crippen molar-refractivity contribution < 1.29 is 8.42 Å². The Bertz CT molecular complexity index is 515. The second kappa shape index (κ2) is 7.23. The minimum absolute atomic E-state index is 0.124. The van der Waals surface area contributed by atoms with Crippen LogP contribution in [0.4, 0.5) is 0 Å². The summed E-state index contributed by atoms with van der Waals surface area (Å²) in [5, 5.41) is 3.04. The first-order chi connectivity index (χ1) is 9.26. The van der Waals surface area contributed by atoms with Crippen molar-refractivity contribution in [3.63, 3.8) is 0 Å². The lowest BCUT2D eigenvalue weighted by Gasteiger charge is -2.21. The van der Waals surface area contributed by atoms with E-state index in [1.807, 2.05) is 13.8 Å². The van der Waals surface area contributed by atoms with Gasteiger partial charge in [0.15, 0.2) is 9.84 Å². The Kier molecular flexibility index (Phi) is 6.21. The van der Waals surface area contributed by atoms with Crippen molar-refractivity contribution in [3.8, 4) is 0 Å². The van der Waals surface area contributed by atoms with E-state index in [1.165, 1.54) is 11.1 Å². The molecule has 0 spiro atoms. The largest absolute Gasteiger partial charge is 0.309 e. The molecule has 3 nitrogen and oxygen atoms in total. The summed E-state index contributed by atoms with van der Waals surface area (Å²) in [6.45, 7) is 10.5. The number of nitrogens with one attached hydrogen (secondary N) is 1. The zero-order chi connectivity index (χ0) is 15.3. The molecule has 0 aliphatic heterocycles. The lowest BCUT2D eigenvalue weighted by Crippen LogP contribution is -2.31. The fourth-order valence-electron chi connectivity index (χ4n) is 2.23. The molecule has 0 aromatic heterocycles. The quantitative estimate of drug-likeness (QED) is 0.841. The monoisotopic (exact) mass is 297 g/mol. The fourth-order valence-corrected chi connectivity index (χ4v) is 3.39. The van der Waals surface area contributed by atoms with Gasteiger partial charge in [0, 0.05) is 6.04 Å². The van der Waals surface area contributed by atoms with E-state index in [-0.39, 0.29) is 17.0 Å². The topological polar surface area (TPSA) is 46.2 Å². The third-order valence-electron chi connectivity index (χ3n) is 3.40. The van der Waals surface area contributed by atoms with Gasteiger partial charge in [-0.1, -0.05) is 36.2 Å². The highest BCUT2D eigenvalue weighted by Gasteiger charge is 2.23. The zero-order valence-corrected chi connectivity index (χ0v) is 14.0. The Morgan fingerprint density at radius 1 is 1.10 bits per heavy atom. The van der Waals surface area contributed by atoms with Gasteiger partial charge in [0.1, 0.15) is 0 Å². The molecule has 0 amide bonds. The average Bonchev–Trinajstić information content (AvgIpc) is 2.32. The molecule has 1 rings (SSSR count). The summed E-state index contributed by atoms with van der Waals surface area (Å²) >= 11 is 0. The molecule has 1 N–H and O–H groups in total. The summed E-state index contributed by atoms with van der Waals surface area (Å²) in [6.07, 6.45) is 0.989. The number of rotatable bonds is 7. The molecule has 4 heteroatoms. The molecule has 20 heavy (non-hydrogen) atoms. The highest BCUT2D eigenvalue weighted by Crippen LogP contribution is 2.20. The Labute approximate surface area is 123 Å². The van der Waals surface area contributed by atoms with Gasteiger partial charge >= 0.3 is 0 Å². The van der Waals surface area contributed by atoms with E-state index < -0.39 is 9.84 Å². The van der Waals surface area contributed by atoms with Gasteiger partial charge in [-0.3, -0.25) is 0 Å². The maximum absolute atomic E-state index is 12.2. The summed E-state index contributed by atoms with van der Waals surface area (Å²) in [5.41, 5.74) is 3.41. The standard InChI is InChI=1S/C16H27NO2S/c1-6-7-17-16(11-20(18,19)12(2)3)15-9-13(4)8-14(5)10-15/h8-10,12,16-17H,6-7,11H2,1-5H3. The highest BCUT2D eigenvalue weighted by molar-refractivity contribution is 7.92. The van der Waals surface area contributed by atoms with Crippen LogP contribution in [0.2, 0.25) is 0 Å². The predicted octanol–water partition coefficient (Wildman–Crippen LogP) is 3.17. The maximum atomic E-state index is 12.2. The van der Waals surface area contributed by atoms with Crippen molar-refractivity contribution in [2.75, 3.05) is 12.3 Å². The molecule has 0 aliphatic carbocycles. The molecular formula is C16H27NO2S. The molecule has 1 atom stereocenters. The zero-order valence-electron chi connectivity index (χ0n) is 13.2. The highest BCUT2D eigenvalue weighted by atomic mass is 32.2. The van der Waals surface area contributed by atoms with E-state index in [9.17, 15) is 8.42 Å². The van der Waals surface area contributed by atoms with Crippen LogP contribution in [-0.2, 0) is 9.84 Å². The molecule has 0 saturated carbocycles. The average molecular weight is 297 g/mol. The van der Waals surface area contributed by atoms with E-state index in [0.717, 1.165) is 18.5 Å². The van der Waals surface area contributed by atoms with Gasteiger partial charge in [0.05, 0.1) is 11.0 Å². The van der Waals surface area contributed by atoms with E-state index in [4.69, 9.17) is 0 Å². The van der Waals surface area contributed by atoms with Crippen molar-refractivity contribution in [1.82, 2.24) is 5.32 Å². The van der Waals surface area contributed by atoms with E-state index in [2.05, 4.69) is 30.4 Å². The number of benzene rings is 1. The Hall–Kier alpha value is -0.870. The van der Waals surface area contributed by atoms with Crippen molar-refractivity contribution in [2.24, 2.45) is 0 Å². The van der Waals surface area contributed by atoms with Gasteiger partial charge in [0.2, 0.25) is 0 Å². The minimum atomic E-state index is -3.06. The van der Waals surface area contributed by atoms with Gasteiger partial charge in [-0.15, -0.1) is 0 Å². The summed E-state index contributed by atoms with van der Waals surface area (Å²) in [4.78, 5) is 0. The smallest absolute Gasteiger partial charge is 0.154 e. The van der Waals surface area contributed by atoms with E-state index in [1.54, 1.807) is 13.8 Å². The van der Waals surface area contributed by atoms with Gasteiger partial charge < -0.3 is 5.32 Å². The van der Waals surface area contributed by atoms with Crippen LogP contribution in [0.3, 0.4) is 0 Å². The Morgan fingerprint density at radius 2 is 1.65 bits per heavy atom. The van der Waals surface area contributed by atoms with Crippen LogP contribution in [0.25, 0.3) is 0 Å². The molecule has 0 aliphatic rings. The van der Waals surface area contributed by atoms with Crippen LogP contribution in [-0.4, -0.2) is 26.0 Å². The Morgan fingerprint density at radius 3 is 2.10 bits per heavy atom. The van der Waals surface area contributed by atoms with Crippen LogP contribution in [0.5, 0.6) is 0 Å². The number of hydrogen-bond donors (Lipinski definition) is 1. The van der Waals surface area contributed by atoms with E-state index in [0.29, 0.717) is 0 Å². The minimum Gasteiger partial charge on any atom is -0.309 e. The number of hydrogen-bond acceptors (Lipinski definition) is 3. The lowest BCUT2D eigenvalue weighted by molar-refractivity contribution is 0.541. The first kappa shape index (κ1) is 17.2. The molecule has 0 saturated heterocycles. The number of aryl methyl sites for hydroxylation is 2. The number of sulfone groups is 1. The normalized spacial score (nSPS) is 13.7. The summed E-state index contributed by atoms with van der Waals surface area (Å²) in [6, 6.07) is 6.14. The lowest BCUT2D eigenvalue weighted by atomic mass is 10.0. The molecule has 0 heterocycles. The second-order valence-electron chi connectivity index (χ2n) is 5.81. The van der Waals surface area contributed by atoms with Crippen LogP contribution in [0, 0.1) is 13.8 Å². The van der Waals surface area contributed by atoms with Gasteiger partial charge in [-0.25, -0.2) is 8.42 Å². The van der Waals surface area contributed by atoms with Gasteiger partial charge in [0.25, 0.3) is 0 Å². The summed E-state index contributed by atoms with van der Waals surface area (Å²) < 4.78 is 24.4. The third kappa shape index (κ3) is 4.91. The van der Waals surface area contributed by atoms with Crippen LogP contribution < -0.4 is 5.32 Å². The Balaban J connectivity index is 3.05. The summed E-state index contributed by atoms with van der Waals surface area (Å²) in [5.74, 6) is 0.160. The molecule has 1 aromatic carbocycles. The van der Waals surface area contributed by atoms with Crippen LogP contribution in [0.15, 0.2) is 18.2 Å². The predicted molar refractivity (Wildman–Crippen MR) is 85.9 cm³/mol. The van der Waals surface area contributed by atoms with Crippen LogP contribution >= 0.6 is 0 Å². The maximum Gasteiger partial charge on any atom is 0.154 e. The third-order valence-corrected chi connectivity index (χ3v) is 5.64. The molecule has 1 aromatic rings. The molecule has 0 fully saturated rings. The SMILES string of the molecule is CCCNC(CS(=O)(=O)C(C)C)c1cc(C)cc(C)c1. The van der Waals surface area contributed by atoms with Crippen LogP contribution in [0.1, 0.15) is 49.9 Å². The van der Waals surface area contributed by atoms with Crippen molar-refractivity contribution in [1.29, 1.82) is 0 Å². The molecule has 1 unspecified atom stereocenters. The summed E-state index contributed by atoms with van der Waals surface area (Å²) in [7, 11) is -3.06. The molecule has 114 valence electrons. The molecule has 0 radical (unpaired) electrons. The fraction of sp³-hybridized carbons (Fsp3) is 0.625. The van der Waals surface area contributed by atoms with Crippen molar-refractivity contribution >= 4 is 9.84 Å². The van der Waals surface area contributed by atoms with E-state index >= 15 is 0 Å². The van der Waals surface area contributed by atoms with Gasteiger partial charge in [-0.05, 0) is 46.2 Å². The molecule has 0 bridgehead atoms. The first-order valence-electron chi connectivity index (χ1n) is 7.29. The first-order valence-corrected chi connectivity index (χ1v) is 9.01. The van der Waals surface area contributed by atoms with Crippen molar-refractivity contribution in [3.05, 3.63) is 34.9 Å². The second-order valence-corrected chi connectivity index (χ2v) is 8.41. The van der Waals surface area contributed by atoms with Gasteiger partial charge in [-0.2, -0.15) is 0 Å². The molecular weight excluding hydrogens is 270 g/mol.